The zero-order valence-corrected chi connectivity index (χ0v) is 7.28. The molecule has 0 spiro atoms. The minimum atomic E-state index is -1.83. The number of rotatable bonds is 0. The summed E-state index contributed by atoms with van der Waals surface area (Å²) in [5.41, 5.74) is 0. The van der Waals surface area contributed by atoms with Crippen molar-refractivity contribution in [3.8, 4) is 0 Å². The molecule has 0 unspecified atom stereocenters. The van der Waals surface area contributed by atoms with Crippen molar-refractivity contribution in [1.82, 2.24) is 4.90 Å². The SMILES string of the molecule is CN1CCCC1=O.O=C(O)O.[H-].[Li+]. The quantitative estimate of drug-likeness (QED) is 0.395. The molecule has 1 amide bonds. The molecule has 1 aliphatic heterocycles. The molecule has 2 N–H and O–H groups in total. The number of carboxylic acid groups (broad SMARTS) is 2. The summed E-state index contributed by atoms with van der Waals surface area (Å²) in [4.78, 5) is 20.8. The number of likely N-dealkylation sites (tertiary alicyclic amines) is 1. The molecule has 0 aromatic rings. The van der Waals surface area contributed by atoms with E-state index in [1.165, 1.54) is 0 Å². The van der Waals surface area contributed by atoms with Crippen LogP contribution in [0, 0.1) is 0 Å². The Morgan fingerprint density at radius 3 is 2.08 bits per heavy atom. The summed E-state index contributed by atoms with van der Waals surface area (Å²) in [6.07, 6.45) is -0.0220. The van der Waals surface area contributed by atoms with Crippen LogP contribution in [-0.4, -0.2) is 40.8 Å². The normalized spacial score (nSPS) is 14.4. The van der Waals surface area contributed by atoms with Crippen molar-refractivity contribution >= 4 is 12.1 Å². The van der Waals surface area contributed by atoms with Crippen LogP contribution in [0.3, 0.4) is 0 Å². The van der Waals surface area contributed by atoms with E-state index >= 15 is 0 Å². The number of carbonyl (C=O) groups excluding carboxylic acids is 1. The molecule has 1 heterocycles. The van der Waals surface area contributed by atoms with Gasteiger partial charge in [-0.25, -0.2) is 4.79 Å². The monoisotopic (exact) mass is 169 g/mol. The van der Waals surface area contributed by atoms with Crippen LogP contribution in [0.15, 0.2) is 0 Å². The van der Waals surface area contributed by atoms with Crippen LogP contribution in [0.25, 0.3) is 0 Å². The molecular formula is C6H12LiNO4. The third-order valence-electron chi connectivity index (χ3n) is 1.31. The fourth-order valence-electron chi connectivity index (χ4n) is 0.783. The smallest absolute Gasteiger partial charge is 1.00 e. The van der Waals surface area contributed by atoms with Crippen molar-refractivity contribution in [1.29, 1.82) is 0 Å². The Morgan fingerprint density at radius 1 is 1.58 bits per heavy atom. The average molecular weight is 169 g/mol. The second kappa shape index (κ2) is 7.01. The molecule has 1 fully saturated rings. The predicted molar refractivity (Wildman–Crippen MR) is 38.6 cm³/mol. The minimum absolute atomic E-state index is 0. The molecule has 0 radical (unpaired) electrons. The number of nitrogens with zero attached hydrogens (tertiary/aromatic N) is 1. The van der Waals surface area contributed by atoms with Crippen molar-refractivity contribution in [3.05, 3.63) is 0 Å². The molecule has 5 nitrogen and oxygen atoms in total. The second-order valence-corrected chi connectivity index (χ2v) is 2.20. The Labute approximate surface area is 84.0 Å². The molecule has 0 saturated carbocycles. The van der Waals surface area contributed by atoms with Gasteiger partial charge in [-0.15, -0.1) is 0 Å². The number of hydrogen-bond donors (Lipinski definition) is 2. The van der Waals surface area contributed by atoms with Gasteiger partial charge in [0.1, 0.15) is 0 Å². The Morgan fingerprint density at radius 2 is 2.00 bits per heavy atom. The van der Waals surface area contributed by atoms with Crippen LogP contribution in [0.5, 0.6) is 0 Å². The van der Waals surface area contributed by atoms with Crippen LogP contribution >= 0.6 is 0 Å². The number of carbonyl (C=O) groups is 2. The van der Waals surface area contributed by atoms with Crippen molar-refractivity contribution in [2.24, 2.45) is 0 Å². The van der Waals surface area contributed by atoms with E-state index in [2.05, 4.69) is 0 Å². The van der Waals surface area contributed by atoms with E-state index in [-0.39, 0.29) is 20.3 Å². The summed E-state index contributed by atoms with van der Waals surface area (Å²) < 4.78 is 0. The van der Waals surface area contributed by atoms with Crippen molar-refractivity contribution < 1.29 is 40.1 Å². The van der Waals surface area contributed by atoms with Crippen molar-refractivity contribution in [2.75, 3.05) is 13.6 Å². The van der Waals surface area contributed by atoms with Crippen molar-refractivity contribution in [3.63, 3.8) is 0 Å². The van der Waals surface area contributed by atoms with Crippen LogP contribution in [0.1, 0.15) is 14.3 Å². The third-order valence-corrected chi connectivity index (χ3v) is 1.31. The Hall–Kier alpha value is -0.663. The van der Waals surface area contributed by atoms with Gasteiger partial charge >= 0.3 is 25.0 Å². The van der Waals surface area contributed by atoms with E-state index in [9.17, 15) is 4.79 Å². The first-order valence-corrected chi connectivity index (χ1v) is 3.20. The standard InChI is InChI=1S/C5H9NO.CH2O3.Li.H/c1-6-4-2-3-5(6)7;2-1(3)4;;/h2-4H2,1H3;(H2,2,3,4);;/q;;+1;-1. The second-order valence-electron chi connectivity index (χ2n) is 2.20. The summed E-state index contributed by atoms with van der Waals surface area (Å²) >= 11 is 0. The molecule has 12 heavy (non-hydrogen) atoms. The van der Waals surface area contributed by atoms with E-state index in [0.29, 0.717) is 5.91 Å². The van der Waals surface area contributed by atoms with Gasteiger partial charge in [-0.2, -0.15) is 0 Å². The molecule has 0 atom stereocenters. The van der Waals surface area contributed by atoms with Crippen LogP contribution in [0.4, 0.5) is 4.79 Å². The molecule has 0 aromatic heterocycles. The van der Waals surface area contributed by atoms with E-state index in [4.69, 9.17) is 15.0 Å². The molecule has 0 aliphatic carbocycles. The summed E-state index contributed by atoms with van der Waals surface area (Å²) in [6, 6.07) is 0. The molecule has 6 heteroatoms. The van der Waals surface area contributed by atoms with Crippen LogP contribution in [-0.2, 0) is 4.79 Å². The fraction of sp³-hybridized carbons (Fsp3) is 0.667. The van der Waals surface area contributed by atoms with Gasteiger partial charge in [0.25, 0.3) is 0 Å². The van der Waals surface area contributed by atoms with Gasteiger partial charge in [-0.3, -0.25) is 4.79 Å². The topological polar surface area (TPSA) is 77.8 Å². The summed E-state index contributed by atoms with van der Waals surface area (Å²) in [5, 5.41) is 13.9. The zero-order valence-electron chi connectivity index (χ0n) is 8.28. The predicted octanol–water partition coefficient (Wildman–Crippen LogP) is -2.42. The first-order chi connectivity index (χ1) is 5.04. The molecule has 0 bridgehead atoms. The van der Waals surface area contributed by atoms with E-state index in [1.54, 1.807) is 4.90 Å². The molecule has 1 aliphatic rings. The van der Waals surface area contributed by atoms with E-state index in [0.717, 1.165) is 19.4 Å². The molecule has 0 aromatic carbocycles. The van der Waals surface area contributed by atoms with Gasteiger partial charge in [0.2, 0.25) is 5.91 Å². The maximum Gasteiger partial charge on any atom is 1.00 e. The zero-order chi connectivity index (χ0) is 8.85. The molecular weight excluding hydrogens is 157 g/mol. The molecule has 1 saturated heterocycles. The van der Waals surface area contributed by atoms with Crippen molar-refractivity contribution in [2.45, 2.75) is 12.8 Å². The van der Waals surface area contributed by atoms with Gasteiger partial charge in [-0.05, 0) is 6.42 Å². The minimum Gasteiger partial charge on any atom is -1.00 e. The first kappa shape index (κ1) is 13.9. The third kappa shape index (κ3) is 7.44. The first-order valence-electron chi connectivity index (χ1n) is 3.20. The van der Waals surface area contributed by atoms with Crippen LogP contribution < -0.4 is 18.9 Å². The summed E-state index contributed by atoms with van der Waals surface area (Å²) in [7, 11) is 1.84. The van der Waals surface area contributed by atoms with E-state index < -0.39 is 6.16 Å². The average Bonchev–Trinajstić information content (AvgIpc) is 2.15. The maximum atomic E-state index is 10.5. The van der Waals surface area contributed by atoms with Gasteiger partial charge in [0.05, 0.1) is 0 Å². The largest absolute Gasteiger partial charge is 1.00 e. The Bertz CT molecular complexity index is 163. The fourth-order valence-corrected chi connectivity index (χ4v) is 0.783. The number of amides is 1. The molecule has 1 rings (SSSR count). The van der Waals surface area contributed by atoms with E-state index in [1.807, 2.05) is 7.05 Å². The maximum absolute atomic E-state index is 10.5. The van der Waals surface area contributed by atoms with Gasteiger partial charge in [0.15, 0.2) is 0 Å². The van der Waals surface area contributed by atoms with Crippen LogP contribution in [0.2, 0.25) is 0 Å². The van der Waals surface area contributed by atoms with Gasteiger partial charge < -0.3 is 16.5 Å². The number of hydrogen-bond acceptors (Lipinski definition) is 2. The molecule has 66 valence electrons. The summed E-state index contributed by atoms with van der Waals surface area (Å²) in [5.74, 6) is 0.292. The van der Waals surface area contributed by atoms with Gasteiger partial charge in [0, 0.05) is 20.0 Å². The Balaban J connectivity index is -0.000000150. The Kier molecular flexibility index (Phi) is 8.12. The van der Waals surface area contributed by atoms with Gasteiger partial charge in [-0.1, -0.05) is 0 Å². The summed E-state index contributed by atoms with van der Waals surface area (Å²) in [6.45, 7) is 0.957.